The third kappa shape index (κ3) is 3.47. The van der Waals surface area contributed by atoms with Gasteiger partial charge in [-0.2, -0.15) is 0 Å². The Morgan fingerprint density at radius 3 is 2.79 bits per heavy atom. The van der Waals surface area contributed by atoms with Crippen molar-refractivity contribution in [2.75, 3.05) is 5.32 Å². The van der Waals surface area contributed by atoms with E-state index >= 15 is 0 Å². The van der Waals surface area contributed by atoms with Gasteiger partial charge in [-0.05, 0) is 31.5 Å². The second kappa shape index (κ2) is 6.34. The number of hydrogen-bond acceptors (Lipinski definition) is 3. The van der Waals surface area contributed by atoms with Gasteiger partial charge < -0.3 is 10.1 Å². The first kappa shape index (κ1) is 16.6. The number of amides is 2. The molecule has 126 valence electrons. The molecule has 0 spiro atoms. The Morgan fingerprint density at radius 1 is 1.29 bits per heavy atom. The number of carbonyl (C=O) groups excluding carboxylic acids is 1. The van der Waals surface area contributed by atoms with Gasteiger partial charge in [0.2, 0.25) is 0 Å². The summed E-state index contributed by atoms with van der Waals surface area (Å²) in [6, 6.07) is 11.9. The third-order valence-electron chi connectivity index (χ3n) is 3.84. The van der Waals surface area contributed by atoms with E-state index < -0.39 is 6.03 Å². The van der Waals surface area contributed by atoms with Crippen molar-refractivity contribution in [1.82, 2.24) is 5.06 Å². The number of nitrogens with one attached hydrogen (secondary N) is 1. The van der Waals surface area contributed by atoms with Crippen molar-refractivity contribution in [3.05, 3.63) is 58.6 Å². The van der Waals surface area contributed by atoms with E-state index in [1.807, 2.05) is 32.0 Å². The molecule has 1 heterocycles. The fourth-order valence-corrected chi connectivity index (χ4v) is 2.96. The van der Waals surface area contributed by atoms with Crippen molar-refractivity contribution in [3.63, 3.8) is 0 Å². The summed E-state index contributed by atoms with van der Waals surface area (Å²) in [5, 5.41) is 13.7. The van der Waals surface area contributed by atoms with Crippen LogP contribution in [-0.2, 0) is 13.0 Å². The number of para-hydroxylation sites is 2. The van der Waals surface area contributed by atoms with Crippen molar-refractivity contribution in [2.45, 2.75) is 32.4 Å². The lowest BCUT2D eigenvalue weighted by atomic mass is 10.0. The number of halogens is 1. The number of ether oxygens (including phenoxy) is 1. The Morgan fingerprint density at radius 2 is 2.04 bits per heavy atom. The van der Waals surface area contributed by atoms with Crippen LogP contribution >= 0.6 is 11.6 Å². The van der Waals surface area contributed by atoms with Crippen LogP contribution in [0.15, 0.2) is 42.5 Å². The highest BCUT2D eigenvalue weighted by Gasteiger charge is 2.32. The maximum absolute atomic E-state index is 12.2. The van der Waals surface area contributed by atoms with Gasteiger partial charge in [0.15, 0.2) is 0 Å². The van der Waals surface area contributed by atoms with E-state index in [0.717, 1.165) is 23.3 Å². The predicted octanol–water partition coefficient (Wildman–Crippen LogP) is 4.48. The maximum atomic E-state index is 12.2. The zero-order chi connectivity index (χ0) is 17.3. The van der Waals surface area contributed by atoms with Gasteiger partial charge in [0.25, 0.3) is 0 Å². The summed E-state index contributed by atoms with van der Waals surface area (Å²) in [5.41, 5.74) is 2.00. The summed E-state index contributed by atoms with van der Waals surface area (Å²) in [7, 11) is 0. The molecule has 1 aliphatic heterocycles. The number of anilines is 1. The summed E-state index contributed by atoms with van der Waals surface area (Å²) in [4.78, 5) is 12.2. The second-order valence-corrected chi connectivity index (χ2v) is 6.82. The van der Waals surface area contributed by atoms with Crippen molar-refractivity contribution >= 4 is 23.3 Å². The second-order valence-electron chi connectivity index (χ2n) is 6.41. The minimum atomic E-state index is -0.655. The normalized spacial score (nSPS) is 14.7. The lowest BCUT2D eigenvalue weighted by molar-refractivity contribution is -0.0457. The average Bonchev–Trinajstić information content (AvgIpc) is 2.84. The first-order chi connectivity index (χ1) is 11.4. The molecule has 0 atom stereocenters. The molecule has 0 unspecified atom stereocenters. The number of hydroxylamine groups is 2. The van der Waals surface area contributed by atoms with E-state index in [1.165, 1.54) is 0 Å². The number of hydrogen-bond donors (Lipinski definition) is 2. The van der Waals surface area contributed by atoms with E-state index in [-0.39, 0.29) is 12.1 Å². The fraction of sp³-hybridized carbons (Fsp3) is 0.278. The largest absolute Gasteiger partial charge is 0.487 e. The van der Waals surface area contributed by atoms with Gasteiger partial charge in [-0.25, -0.2) is 9.86 Å². The van der Waals surface area contributed by atoms with E-state index in [1.54, 1.807) is 24.3 Å². The molecule has 5 nitrogen and oxygen atoms in total. The molecule has 6 heteroatoms. The van der Waals surface area contributed by atoms with E-state index in [4.69, 9.17) is 16.3 Å². The zero-order valence-corrected chi connectivity index (χ0v) is 14.3. The van der Waals surface area contributed by atoms with Crippen LogP contribution in [0.5, 0.6) is 5.75 Å². The zero-order valence-electron chi connectivity index (χ0n) is 13.5. The van der Waals surface area contributed by atoms with Crippen molar-refractivity contribution < 1.29 is 14.7 Å². The molecule has 0 bridgehead atoms. The molecule has 0 aromatic heterocycles. The Labute approximate surface area is 145 Å². The van der Waals surface area contributed by atoms with E-state index in [9.17, 15) is 10.0 Å². The SMILES string of the molecule is CC1(C)Cc2cccc(CN(O)C(=O)Nc3ccccc3Cl)c2O1. The molecule has 0 radical (unpaired) electrons. The van der Waals surface area contributed by atoms with Crippen LogP contribution in [0, 0.1) is 0 Å². The summed E-state index contributed by atoms with van der Waals surface area (Å²) in [6.45, 7) is 4.05. The number of fused-ring (bicyclic) bond motifs is 1. The van der Waals surface area contributed by atoms with Crippen LogP contribution in [0.1, 0.15) is 25.0 Å². The topological polar surface area (TPSA) is 61.8 Å². The quantitative estimate of drug-likeness (QED) is 0.636. The smallest absolute Gasteiger partial charge is 0.345 e. The minimum Gasteiger partial charge on any atom is -0.487 e. The molecule has 3 rings (SSSR count). The molecule has 0 saturated heterocycles. The van der Waals surface area contributed by atoms with Gasteiger partial charge in [-0.15, -0.1) is 0 Å². The molecule has 0 saturated carbocycles. The molecule has 0 fully saturated rings. The van der Waals surface area contributed by atoms with Gasteiger partial charge in [-0.3, -0.25) is 5.21 Å². The van der Waals surface area contributed by atoms with E-state index in [0.29, 0.717) is 15.8 Å². The molecule has 24 heavy (non-hydrogen) atoms. The molecule has 2 aromatic carbocycles. The summed E-state index contributed by atoms with van der Waals surface area (Å²) >= 11 is 6.01. The number of nitrogens with zero attached hydrogens (tertiary/aromatic N) is 1. The molecule has 2 aromatic rings. The van der Waals surface area contributed by atoms with Crippen LogP contribution in [0.3, 0.4) is 0 Å². The van der Waals surface area contributed by atoms with Gasteiger partial charge in [0.1, 0.15) is 11.4 Å². The van der Waals surface area contributed by atoms with Crippen LogP contribution in [0.4, 0.5) is 10.5 Å². The van der Waals surface area contributed by atoms with Crippen LogP contribution < -0.4 is 10.1 Å². The summed E-state index contributed by atoms with van der Waals surface area (Å²) in [5.74, 6) is 0.743. The third-order valence-corrected chi connectivity index (χ3v) is 4.17. The van der Waals surface area contributed by atoms with Crippen molar-refractivity contribution in [3.8, 4) is 5.75 Å². The number of urea groups is 1. The minimum absolute atomic E-state index is 0.0234. The molecular formula is C18H19ClN2O3. The number of benzene rings is 2. The molecule has 2 N–H and O–H groups in total. The van der Waals surface area contributed by atoms with Crippen molar-refractivity contribution in [1.29, 1.82) is 0 Å². The van der Waals surface area contributed by atoms with E-state index in [2.05, 4.69) is 5.32 Å². The highest BCUT2D eigenvalue weighted by Crippen LogP contribution is 2.38. The average molecular weight is 347 g/mol. The number of carbonyl (C=O) groups is 1. The van der Waals surface area contributed by atoms with Gasteiger partial charge in [0, 0.05) is 12.0 Å². The Hall–Kier alpha value is -2.24. The van der Waals surface area contributed by atoms with Crippen LogP contribution in [-0.4, -0.2) is 21.9 Å². The van der Waals surface area contributed by atoms with Crippen molar-refractivity contribution in [2.24, 2.45) is 0 Å². The van der Waals surface area contributed by atoms with Crippen LogP contribution in [0.2, 0.25) is 5.02 Å². The summed E-state index contributed by atoms with van der Waals surface area (Å²) < 4.78 is 5.95. The fourth-order valence-electron chi connectivity index (χ4n) is 2.78. The monoisotopic (exact) mass is 346 g/mol. The number of rotatable bonds is 3. The highest BCUT2D eigenvalue weighted by atomic mass is 35.5. The molecule has 2 amide bonds. The first-order valence-corrected chi connectivity index (χ1v) is 8.05. The van der Waals surface area contributed by atoms with Crippen LogP contribution in [0.25, 0.3) is 0 Å². The Bertz CT molecular complexity index is 777. The first-order valence-electron chi connectivity index (χ1n) is 7.67. The highest BCUT2D eigenvalue weighted by molar-refractivity contribution is 6.33. The Balaban J connectivity index is 1.72. The van der Waals surface area contributed by atoms with Gasteiger partial charge in [0.05, 0.1) is 17.3 Å². The van der Waals surface area contributed by atoms with Gasteiger partial charge in [-0.1, -0.05) is 41.9 Å². The predicted molar refractivity (Wildman–Crippen MR) is 92.7 cm³/mol. The maximum Gasteiger partial charge on any atom is 0.345 e. The molecule has 0 aliphatic carbocycles. The molecule has 1 aliphatic rings. The standard InChI is InChI=1S/C18H19ClN2O3/c1-18(2)10-12-6-5-7-13(16(12)24-18)11-21(23)17(22)20-15-9-4-3-8-14(15)19/h3-9,23H,10-11H2,1-2H3,(H,20,22). The molecular weight excluding hydrogens is 328 g/mol. The Kier molecular flexibility index (Phi) is 4.39. The lowest BCUT2D eigenvalue weighted by Crippen LogP contribution is -2.31. The lowest BCUT2D eigenvalue weighted by Gasteiger charge is -2.20. The van der Waals surface area contributed by atoms with Gasteiger partial charge >= 0.3 is 6.03 Å². The summed E-state index contributed by atoms with van der Waals surface area (Å²) in [6.07, 6.45) is 0.799.